The second kappa shape index (κ2) is 9.86. The number of fused-ring (bicyclic) bond motifs is 1. The molecule has 2 N–H and O–H groups in total. The SMILES string of the molecule is COc1ccc2c(c1)CCCC2CC(=O)NCc1cccc(NC(=O)N2CCCC2)c1. The molecule has 164 valence electrons. The van der Waals surface area contributed by atoms with Crippen LogP contribution in [0.4, 0.5) is 10.5 Å². The maximum absolute atomic E-state index is 12.6. The Morgan fingerprint density at radius 2 is 1.94 bits per heavy atom. The number of carbonyl (C=O) groups excluding carboxylic acids is 2. The summed E-state index contributed by atoms with van der Waals surface area (Å²) in [6.45, 7) is 2.09. The number of likely N-dealkylation sites (tertiary alicyclic amines) is 1. The molecule has 6 heteroatoms. The Kier molecular flexibility index (Phi) is 6.75. The molecule has 3 amide bonds. The topological polar surface area (TPSA) is 70.7 Å². The van der Waals surface area contributed by atoms with Crippen molar-refractivity contribution in [1.29, 1.82) is 0 Å². The van der Waals surface area contributed by atoms with E-state index in [0.717, 1.165) is 62.2 Å². The number of amides is 3. The highest BCUT2D eigenvalue weighted by molar-refractivity contribution is 5.89. The molecule has 4 rings (SSSR count). The summed E-state index contributed by atoms with van der Waals surface area (Å²) in [7, 11) is 1.68. The lowest BCUT2D eigenvalue weighted by Crippen LogP contribution is -2.32. The van der Waals surface area contributed by atoms with Crippen molar-refractivity contribution in [3.8, 4) is 5.75 Å². The Morgan fingerprint density at radius 3 is 2.74 bits per heavy atom. The van der Waals surface area contributed by atoms with Crippen LogP contribution in [0.2, 0.25) is 0 Å². The monoisotopic (exact) mass is 421 g/mol. The number of rotatable bonds is 6. The normalized spacial score (nSPS) is 17.7. The van der Waals surface area contributed by atoms with E-state index in [1.165, 1.54) is 11.1 Å². The molecule has 2 aromatic rings. The van der Waals surface area contributed by atoms with Gasteiger partial charge in [-0.05, 0) is 79.0 Å². The van der Waals surface area contributed by atoms with Crippen molar-refractivity contribution in [1.82, 2.24) is 10.2 Å². The van der Waals surface area contributed by atoms with Crippen LogP contribution < -0.4 is 15.4 Å². The van der Waals surface area contributed by atoms with Gasteiger partial charge < -0.3 is 20.3 Å². The van der Waals surface area contributed by atoms with E-state index in [2.05, 4.69) is 22.8 Å². The molecule has 0 bridgehead atoms. The first-order valence-corrected chi connectivity index (χ1v) is 11.2. The van der Waals surface area contributed by atoms with Crippen LogP contribution in [0.25, 0.3) is 0 Å². The van der Waals surface area contributed by atoms with Crippen LogP contribution in [-0.4, -0.2) is 37.0 Å². The van der Waals surface area contributed by atoms with Gasteiger partial charge in [0.15, 0.2) is 0 Å². The molecule has 1 unspecified atom stereocenters. The lowest BCUT2D eigenvalue weighted by atomic mass is 9.81. The van der Waals surface area contributed by atoms with Crippen molar-refractivity contribution >= 4 is 17.6 Å². The second-order valence-electron chi connectivity index (χ2n) is 8.46. The molecule has 0 aromatic heterocycles. The van der Waals surface area contributed by atoms with Gasteiger partial charge in [-0.3, -0.25) is 4.79 Å². The van der Waals surface area contributed by atoms with Gasteiger partial charge in [0.05, 0.1) is 7.11 Å². The van der Waals surface area contributed by atoms with E-state index < -0.39 is 0 Å². The average Bonchev–Trinajstić information content (AvgIpc) is 3.33. The number of anilines is 1. The molecule has 1 aliphatic carbocycles. The highest BCUT2D eigenvalue weighted by Crippen LogP contribution is 2.35. The summed E-state index contributed by atoms with van der Waals surface area (Å²) >= 11 is 0. The number of hydrogen-bond donors (Lipinski definition) is 2. The van der Waals surface area contributed by atoms with Gasteiger partial charge in [0.1, 0.15) is 5.75 Å². The lowest BCUT2D eigenvalue weighted by molar-refractivity contribution is -0.121. The van der Waals surface area contributed by atoms with Crippen LogP contribution in [-0.2, 0) is 17.8 Å². The van der Waals surface area contributed by atoms with Gasteiger partial charge in [0, 0.05) is 31.7 Å². The van der Waals surface area contributed by atoms with Gasteiger partial charge >= 0.3 is 6.03 Å². The van der Waals surface area contributed by atoms with Gasteiger partial charge in [0.2, 0.25) is 5.91 Å². The van der Waals surface area contributed by atoms with Crippen molar-refractivity contribution in [2.45, 2.75) is 51.0 Å². The van der Waals surface area contributed by atoms with Crippen molar-refractivity contribution in [2.24, 2.45) is 0 Å². The van der Waals surface area contributed by atoms with Crippen molar-refractivity contribution in [2.75, 3.05) is 25.5 Å². The first-order valence-electron chi connectivity index (χ1n) is 11.2. The molecule has 0 spiro atoms. The minimum absolute atomic E-state index is 0.0497. The van der Waals surface area contributed by atoms with Gasteiger partial charge in [-0.2, -0.15) is 0 Å². The molecule has 1 aliphatic heterocycles. The van der Waals surface area contributed by atoms with Gasteiger partial charge in [-0.15, -0.1) is 0 Å². The number of nitrogens with zero attached hydrogens (tertiary/aromatic N) is 1. The van der Waals surface area contributed by atoms with Crippen LogP contribution >= 0.6 is 0 Å². The zero-order chi connectivity index (χ0) is 21.6. The molecule has 6 nitrogen and oxygen atoms in total. The third kappa shape index (κ3) is 5.37. The third-order valence-corrected chi connectivity index (χ3v) is 6.28. The molecule has 1 saturated heterocycles. The van der Waals surface area contributed by atoms with Crippen LogP contribution in [0.5, 0.6) is 5.75 Å². The predicted octanol–water partition coefficient (Wildman–Crippen LogP) is 4.45. The number of carbonyl (C=O) groups is 2. The van der Waals surface area contributed by atoms with E-state index >= 15 is 0 Å². The predicted molar refractivity (Wildman–Crippen MR) is 121 cm³/mol. The van der Waals surface area contributed by atoms with E-state index in [9.17, 15) is 9.59 Å². The molecule has 31 heavy (non-hydrogen) atoms. The van der Waals surface area contributed by atoms with Gasteiger partial charge in [0.25, 0.3) is 0 Å². The standard InChI is InChI=1S/C25H31N3O3/c1-31-22-10-11-23-19(15-22)7-5-8-20(23)16-24(29)26-17-18-6-4-9-21(14-18)27-25(30)28-12-2-3-13-28/h4,6,9-11,14-15,20H,2-3,5,7-8,12-13,16-17H2,1H3,(H,26,29)(H,27,30). The van der Waals surface area contributed by atoms with Crippen molar-refractivity contribution in [3.05, 3.63) is 59.2 Å². The quantitative estimate of drug-likeness (QED) is 0.724. The minimum atomic E-state index is -0.0497. The number of methoxy groups -OCH3 is 1. The number of ether oxygens (including phenoxy) is 1. The molecule has 2 aromatic carbocycles. The smallest absolute Gasteiger partial charge is 0.321 e. The number of benzene rings is 2. The summed E-state index contributed by atoms with van der Waals surface area (Å²) in [5.41, 5.74) is 4.30. The Labute approximate surface area is 184 Å². The number of nitrogens with one attached hydrogen (secondary N) is 2. The number of urea groups is 1. The van der Waals surface area contributed by atoms with Gasteiger partial charge in [-0.1, -0.05) is 18.2 Å². The Bertz CT molecular complexity index is 937. The molecular formula is C25H31N3O3. The van der Waals surface area contributed by atoms with Crippen molar-refractivity contribution < 1.29 is 14.3 Å². The zero-order valence-corrected chi connectivity index (χ0v) is 18.2. The Balaban J connectivity index is 1.31. The Morgan fingerprint density at radius 1 is 1.10 bits per heavy atom. The summed E-state index contributed by atoms with van der Waals surface area (Å²) in [5.74, 6) is 1.18. The first-order chi connectivity index (χ1) is 15.1. The fourth-order valence-corrected chi connectivity index (χ4v) is 4.61. The van der Waals surface area contributed by atoms with Crippen LogP contribution in [0, 0.1) is 0 Å². The molecule has 1 fully saturated rings. The van der Waals surface area contributed by atoms with E-state index in [1.54, 1.807) is 7.11 Å². The van der Waals surface area contributed by atoms with Crippen LogP contribution in [0.1, 0.15) is 54.7 Å². The molecule has 1 atom stereocenters. The van der Waals surface area contributed by atoms with E-state index in [1.807, 2.05) is 35.2 Å². The lowest BCUT2D eigenvalue weighted by Gasteiger charge is -2.25. The maximum atomic E-state index is 12.6. The highest BCUT2D eigenvalue weighted by Gasteiger charge is 2.23. The summed E-state index contributed by atoms with van der Waals surface area (Å²) in [5, 5.41) is 6.01. The molecule has 0 radical (unpaired) electrons. The zero-order valence-electron chi connectivity index (χ0n) is 18.2. The molecule has 1 heterocycles. The van der Waals surface area contributed by atoms with E-state index in [0.29, 0.717) is 13.0 Å². The second-order valence-corrected chi connectivity index (χ2v) is 8.46. The number of aryl methyl sites for hydroxylation is 1. The molecule has 0 saturated carbocycles. The van der Waals surface area contributed by atoms with E-state index in [-0.39, 0.29) is 17.9 Å². The molecule has 2 aliphatic rings. The first kappa shape index (κ1) is 21.2. The average molecular weight is 422 g/mol. The maximum Gasteiger partial charge on any atom is 0.321 e. The van der Waals surface area contributed by atoms with Crippen LogP contribution in [0.15, 0.2) is 42.5 Å². The van der Waals surface area contributed by atoms with E-state index in [4.69, 9.17) is 4.74 Å². The summed E-state index contributed by atoms with van der Waals surface area (Å²) < 4.78 is 5.34. The summed E-state index contributed by atoms with van der Waals surface area (Å²) in [6.07, 6.45) is 5.80. The van der Waals surface area contributed by atoms with Crippen molar-refractivity contribution in [3.63, 3.8) is 0 Å². The molecular weight excluding hydrogens is 390 g/mol. The largest absolute Gasteiger partial charge is 0.497 e. The van der Waals surface area contributed by atoms with Crippen LogP contribution in [0.3, 0.4) is 0 Å². The fraction of sp³-hybridized carbons (Fsp3) is 0.440. The minimum Gasteiger partial charge on any atom is -0.497 e. The Hall–Kier alpha value is -3.02. The third-order valence-electron chi connectivity index (χ3n) is 6.28. The summed E-state index contributed by atoms with van der Waals surface area (Å²) in [4.78, 5) is 26.8. The number of hydrogen-bond acceptors (Lipinski definition) is 3. The highest BCUT2D eigenvalue weighted by atomic mass is 16.5. The summed E-state index contributed by atoms with van der Waals surface area (Å²) in [6, 6.07) is 13.8. The fourth-order valence-electron chi connectivity index (χ4n) is 4.61. The van der Waals surface area contributed by atoms with Gasteiger partial charge in [-0.25, -0.2) is 4.79 Å².